The number of halogens is 5. The molecule has 1 aromatic heterocycles. The Morgan fingerprint density at radius 1 is 1.30 bits per heavy atom. The molecule has 122 valence electrons. The second kappa shape index (κ2) is 6.71. The highest BCUT2D eigenvalue weighted by atomic mass is 35.5. The van der Waals surface area contributed by atoms with Gasteiger partial charge < -0.3 is 5.32 Å². The molecule has 0 fully saturated rings. The SMILES string of the molecule is CSc1cc(NC(=O)c2cc(Cl)c(C(F)(F)F)cc2F)cnn1. The summed E-state index contributed by atoms with van der Waals surface area (Å²) < 4.78 is 51.7. The second-order valence-corrected chi connectivity index (χ2v) is 5.48. The van der Waals surface area contributed by atoms with Crippen LogP contribution in [-0.2, 0) is 6.18 Å². The Morgan fingerprint density at radius 3 is 2.61 bits per heavy atom. The number of alkyl halides is 3. The van der Waals surface area contributed by atoms with Crippen LogP contribution in [0.4, 0.5) is 23.2 Å². The monoisotopic (exact) mass is 365 g/mol. The van der Waals surface area contributed by atoms with Gasteiger partial charge in [0.05, 0.1) is 28.0 Å². The fourth-order valence-corrected chi connectivity index (χ4v) is 2.30. The van der Waals surface area contributed by atoms with Crippen molar-refractivity contribution >= 4 is 35.0 Å². The van der Waals surface area contributed by atoms with E-state index >= 15 is 0 Å². The molecule has 0 aliphatic rings. The number of nitrogens with one attached hydrogen (secondary N) is 1. The number of carbonyl (C=O) groups excluding carboxylic acids is 1. The highest BCUT2D eigenvalue weighted by Gasteiger charge is 2.34. The zero-order valence-corrected chi connectivity index (χ0v) is 13.0. The molecular formula is C13H8ClF4N3OS. The standard InChI is InChI=1S/C13H8ClF4N3OS/c1-23-11-2-6(5-19-21-11)20-12(22)7-3-9(14)8(4-10(7)15)13(16,17)18/h2-5H,1H3,(H,20,21,22). The molecule has 2 rings (SSSR count). The summed E-state index contributed by atoms with van der Waals surface area (Å²) in [6.07, 6.45) is -1.85. The number of benzene rings is 1. The van der Waals surface area contributed by atoms with E-state index in [4.69, 9.17) is 11.6 Å². The lowest BCUT2D eigenvalue weighted by atomic mass is 10.1. The van der Waals surface area contributed by atoms with E-state index in [0.717, 1.165) is 0 Å². The van der Waals surface area contributed by atoms with Crippen molar-refractivity contribution in [2.24, 2.45) is 0 Å². The van der Waals surface area contributed by atoms with Gasteiger partial charge in [0.2, 0.25) is 0 Å². The second-order valence-electron chi connectivity index (χ2n) is 4.25. The molecule has 0 bridgehead atoms. The van der Waals surface area contributed by atoms with Crippen LogP contribution >= 0.6 is 23.4 Å². The summed E-state index contributed by atoms with van der Waals surface area (Å²) in [5.74, 6) is -2.27. The first-order valence-electron chi connectivity index (χ1n) is 5.96. The van der Waals surface area contributed by atoms with E-state index < -0.39 is 34.1 Å². The minimum Gasteiger partial charge on any atom is -0.320 e. The maximum absolute atomic E-state index is 13.8. The highest BCUT2D eigenvalue weighted by molar-refractivity contribution is 7.98. The number of thioether (sulfide) groups is 1. The maximum atomic E-state index is 13.8. The molecule has 0 saturated carbocycles. The molecule has 0 aliphatic carbocycles. The summed E-state index contributed by atoms with van der Waals surface area (Å²) in [7, 11) is 0. The average molecular weight is 366 g/mol. The molecule has 10 heteroatoms. The molecule has 0 unspecified atom stereocenters. The van der Waals surface area contributed by atoms with Crippen molar-refractivity contribution in [3.05, 3.63) is 46.4 Å². The molecule has 23 heavy (non-hydrogen) atoms. The number of amides is 1. The van der Waals surface area contributed by atoms with Gasteiger partial charge in [-0.1, -0.05) is 11.6 Å². The summed E-state index contributed by atoms with van der Waals surface area (Å²) in [5.41, 5.74) is -1.72. The van der Waals surface area contributed by atoms with Crippen LogP contribution in [0.1, 0.15) is 15.9 Å². The van der Waals surface area contributed by atoms with Crippen molar-refractivity contribution in [1.29, 1.82) is 0 Å². The van der Waals surface area contributed by atoms with E-state index in [1.54, 1.807) is 6.26 Å². The predicted octanol–water partition coefficient (Wildman–Crippen LogP) is 4.26. The lowest BCUT2D eigenvalue weighted by Gasteiger charge is -2.12. The van der Waals surface area contributed by atoms with E-state index in [1.807, 2.05) is 0 Å². The minimum atomic E-state index is -4.81. The molecule has 4 nitrogen and oxygen atoms in total. The number of aromatic nitrogens is 2. The number of carbonyl (C=O) groups is 1. The summed E-state index contributed by atoms with van der Waals surface area (Å²) in [6, 6.07) is 2.31. The van der Waals surface area contributed by atoms with Crippen molar-refractivity contribution < 1.29 is 22.4 Å². The quantitative estimate of drug-likeness (QED) is 0.652. The van der Waals surface area contributed by atoms with E-state index in [9.17, 15) is 22.4 Å². The Bertz CT molecular complexity index is 754. The van der Waals surface area contributed by atoms with Crippen LogP contribution in [0, 0.1) is 5.82 Å². The van der Waals surface area contributed by atoms with Crippen LogP contribution < -0.4 is 5.32 Å². The average Bonchev–Trinajstić information content (AvgIpc) is 2.48. The smallest absolute Gasteiger partial charge is 0.320 e. The maximum Gasteiger partial charge on any atom is 0.417 e. The van der Waals surface area contributed by atoms with Crippen LogP contribution in [0.5, 0.6) is 0 Å². The Kier molecular flexibility index (Phi) is 5.10. The van der Waals surface area contributed by atoms with Crippen LogP contribution in [-0.4, -0.2) is 22.4 Å². The zero-order valence-electron chi connectivity index (χ0n) is 11.4. The van der Waals surface area contributed by atoms with Gasteiger partial charge in [0.15, 0.2) is 0 Å². The first kappa shape index (κ1) is 17.5. The number of rotatable bonds is 3. The Morgan fingerprint density at radius 2 is 2.00 bits per heavy atom. The molecular weight excluding hydrogens is 358 g/mol. The minimum absolute atomic E-state index is 0.190. The highest BCUT2D eigenvalue weighted by Crippen LogP contribution is 2.36. The molecule has 0 radical (unpaired) electrons. The normalized spacial score (nSPS) is 11.4. The number of hydrogen-bond donors (Lipinski definition) is 1. The fraction of sp³-hybridized carbons (Fsp3) is 0.154. The van der Waals surface area contributed by atoms with E-state index in [1.165, 1.54) is 24.0 Å². The van der Waals surface area contributed by atoms with Gasteiger partial charge >= 0.3 is 6.18 Å². The third-order valence-corrected chi connectivity index (χ3v) is 3.64. The third kappa shape index (κ3) is 4.11. The molecule has 0 atom stereocenters. The molecule has 1 amide bonds. The Labute approximate surface area is 137 Å². The lowest BCUT2D eigenvalue weighted by molar-refractivity contribution is -0.137. The first-order chi connectivity index (χ1) is 10.7. The van der Waals surface area contributed by atoms with Crippen molar-refractivity contribution in [2.45, 2.75) is 11.2 Å². The van der Waals surface area contributed by atoms with Crippen LogP contribution in [0.2, 0.25) is 5.02 Å². The number of anilines is 1. The molecule has 1 aromatic carbocycles. The summed E-state index contributed by atoms with van der Waals surface area (Å²) in [5, 5.41) is 9.45. The number of hydrogen-bond acceptors (Lipinski definition) is 4. The molecule has 0 aliphatic heterocycles. The van der Waals surface area contributed by atoms with Gasteiger partial charge in [0.1, 0.15) is 10.8 Å². The van der Waals surface area contributed by atoms with Gasteiger partial charge in [-0.05, 0) is 24.5 Å². The topological polar surface area (TPSA) is 54.9 Å². The van der Waals surface area contributed by atoms with Crippen molar-refractivity contribution in [2.75, 3.05) is 11.6 Å². The molecule has 1 heterocycles. The van der Waals surface area contributed by atoms with Crippen LogP contribution in [0.15, 0.2) is 29.4 Å². The number of nitrogens with zero attached hydrogens (tertiary/aromatic N) is 2. The zero-order chi connectivity index (χ0) is 17.2. The van der Waals surface area contributed by atoms with Gasteiger partial charge in [0.25, 0.3) is 5.91 Å². The van der Waals surface area contributed by atoms with E-state index in [0.29, 0.717) is 11.1 Å². The van der Waals surface area contributed by atoms with Gasteiger partial charge in [-0.25, -0.2) is 4.39 Å². The van der Waals surface area contributed by atoms with Gasteiger partial charge in [-0.2, -0.15) is 18.3 Å². The lowest BCUT2D eigenvalue weighted by Crippen LogP contribution is -2.16. The molecule has 2 aromatic rings. The van der Waals surface area contributed by atoms with Gasteiger partial charge in [-0.15, -0.1) is 16.9 Å². The summed E-state index contributed by atoms with van der Waals surface area (Å²) in [4.78, 5) is 12.0. The Balaban J connectivity index is 2.31. The van der Waals surface area contributed by atoms with Gasteiger partial charge in [-0.3, -0.25) is 4.79 Å². The van der Waals surface area contributed by atoms with Crippen molar-refractivity contribution in [1.82, 2.24) is 10.2 Å². The van der Waals surface area contributed by atoms with Crippen LogP contribution in [0.3, 0.4) is 0 Å². The van der Waals surface area contributed by atoms with Gasteiger partial charge in [0, 0.05) is 0 Å². The van der Waals surface area contributed by atoms with Crippen LogP contribution in [0.25, 0.3) is 0 Å². The summed E-state index contributed by atoms with van der Waals surface area (Å²) in [6.45, 7) is 0. The molecule has 0 saturated heterocycles. The Hall–Kier alpha value is -1.87. The third-order valence-electron chi connectivity index (χ3n) is 2.71. The van der Waals surface area contributed by atoms with E-state index in [2.05, 4.69) is 15.5 Å². The molecule has 1 N–H and O–H groups in total. The summed E-state index contributed by atoms with van der Waals surface area (Å²) >= 11 is 6.76. The van der Waals surface area contributed by atoms with E-state index in [-0.39, 0.29) is 11.8 Å². The fourth-order valence-electron chi connectivity index (χ4n) is 1.65. The predicted molar refractivity (Wildman–Crippen MR) is 78.2 cm³/mol. The van der Waals surface area contributed by atoms with Crippen molar-refractivity contribution in [3.8, 4) is 0 Å². The van der Waals surface area contributed by atoms with Crippen molar-refractivity contribution in [3.63, 3.8) is 0 Å². The largest absolute Gasteiger partial charge is 0.417 e. The first-order valence-corrected chi connectivity index (χ1v) is 7.57. The molecule has 0 spiro atoms.